The van der Waals surface area contributed by atoms with Crippen molar-refractivity contribution in [3.8, 4) is 0 Å². The molecule has 0 unspecified atom stereocenters. The maximum Gasteiger partial charge on any atom is 0.269 e. The predicted molar refractivity (Wildman–Crippen MR) is 90.2 cm³/mol. The first-order valence-corrected chi connectivity index (χ1v) is 9.02. The van der Waals surface area contributed by atoms with Crippen molar-refractivity contribution in [1.29, 1.82) is 0 Å². The highest BCUT2D eigenvalue weighted by atomic mass is 32.2. The van der Waals surface area contributed by atoms with Gasteiger partial charge in [-0.25, -0.2) is 13.1 Å². The van der Waals surface area contributed by atoms with Gasteiger partial charge < -0.3 is 5.32 Å². The lowest BCUT2D eigenvalue weighted by Gasteiger charge is -2.08. The molecule has 2 aromatic rings. The molecule has 0 atom stereocenters. The van der Waals surface area contributed by atoms with Gasteiger partial charge in [-0.2, -0.15) is 0 Å². The molecule has 0 aromatic heterocycles. The number of sulfonamides is 1. The number of hydrogen-bond acceptors (Lipinski definition) is 5. The number of non-ortho nitro benzene ring substituents is 1. The second kappa shape index (κ2) is 6.58. The van der Waals surface area contributed by atoms with Gasteiger partial charge in [0.05, 0.1) is 9.82 Å². The van der Waals surface area contributed by atoms with Crippen LogP contribution in [0.3, 0.4) is 0 Å². The summed E-state index contributed by atoms with van der Waals surface area (Å²) in [4.78, 5) is 10.4. The number of nitrogens with one attached hydrogen (secondary N) is 2. The van der Waals surface area contributed by atoms with E-state index in [2.05, 4.69) is 10.0 Å². The van der Waals surface area contributed by atoms with Crippen LogP contribution < -0.4 is 10.0 Å². The monoisotopic (exact) mass is 347 g/mol. The summed E-state index contributed by atoms with van der Waals surface area (Å²) in [6.45, 7) is 0.494. The fraction of sp³-hybridized carbons (Fsp3) is 0.250. The van der Waals surface area contributed by atoms with Crippen molar-refractivity contribution in [2.24, 2.45) is 0 Å². The maximum atomic E-state index is 12.1. The van der Waals surface area contributed by atoms with Gasteiger partial charge in [-0.1, -0.05) is 12.1 Å². The van der Waals surface area contributed by atoms with Crippen LogP contribution in [0.4, 0.5) is 11.4 Å². The minimum absolute atomic E-state index is 0.0401. The fourth-order valence-electron chi connectivity index (χ4n) is 2.18. The maximum absolute atomic E-state index is 12.1. The van der Waals surface area contributed by atoms with Crippen molar-refractivity contribution in [3.05, 3.63) is 64.2 Å². The Morgan fingerprint density at radius 3 is 2.21 bits per heavy atom. The molecule has 0 radical (unpaired) electrons. The van der Waals surface area contributed by atoms with E-state index in [9.17, 15) is 18.5 Å². The summed E-state index contributed by atoms with van der Waals surface area (Å²) in [5.41, 5.74) is 1.71. The molecule has 7 nitrogen and oxygen atoms in total. The van der Waals surface area contributed by atoms with Gasteiger partial charge in [0.2, 0.25) is 10.0 Å². The Balaban J connectivity index is 1.60. The Hall–Kier alpha value is -2.45. The first-order chi connectivity index (χ1) is 11.4. The van der Waals surface area contributed by atoms with Gasteiger partial charge in [0.25, 0.3) is 5.69 Å². The van der Waals surface area contributed by atoms with Crippen LogP contribution >= 0.6 is 0 Å². The zero-order chi connectivity index (χ0) is 17.2. The highest BCUT2D eigenvalue weighted by Crippen LogP contribution is 2.22. The zero-order valence-electron chi connectivity index (χ0n) is 12.8. The number of rotatable bonds is 7. The summed E-state index contributed by atoms with van der Waals surface area (Å²) in [5, 5.41) is 13.7. The van der Waals surface area contributed by atoms with Crippen LogP contribution in [-0.4, -0.2) is 19.4 Å². The van der Waals surface area contributed by atoms with Gasteiger partial charge in [0.15, 0.2) is 0 Å². The molecule has 0 aliphatic heterocycles. The summed E-state index contributed by atoms with van der Waals surface area (Å²) < 4.78 is 26.8. The minimum atomic E-state index is -3.43. The van der Waals surface area contributed by atoms with E-state index in [1.165, 1.54) is 12.1 Å². The van der Waals surface area contributed by atoms with E-state index >= 15 is 0 Å². The smallest absolute Gasteiger partial charge is 0.269 e. The first kappa shape index (κ1) is 16.4. The van der Waals surface area contributed by atoms with Crippen LogP contribution in [0.15, 0.2) is 53.4 Å². The normalized spacial score (nSPS) is 14.3. The van der Waals surface area contributed by atoms with Crippen LogP contribution in [0.25, 0.3) is 0 Å². The molecule has 2 N–H and O–H groups in total. The molecule has 1 aliphatic carbocycles. The van der Waals surface area contributed by atoms with Crippen molar-refractivity contribution < 1.29 is 13.3 Å². The summed E-state index contributed by atoms with van der Waals surface area (Å²) in [7, 11) is -3.43. The van der Waals surface area contributed by atoms with Crippen LogP contribution in [0.5, 0.6) is 0 Å². The SMILES string of the molecule is O=[N+]([O-])c1ccc(NCc2ccc(S(=O)(=O)NC3CC3)cc2)cc1. The van der Waals surface area contributed by atoms with E-state index < -0.39 is 14.9 Å². The van der Waals surface area contributed by atoms with E-state index in [4.69, 9.17) is 0 Å². The molecule has 0 heterocycles. The number of anilines is 1. The molecule has 126 valence electrons. The molecule has 0 amide bonds. The summed E-state index contributed by atoms with van der Waals surface area (Å²) in [5.74, 6) is 0. The molecule has 0 bridgehead atoms. The average Bonchev–Trinajstić information content (AvgIpc) is 3.37. The lowest BCUT2D eigenvalue weighted by atomic mass is 10.2. The number of benzene rings is 2. The van der Waals surface area contributed by atoms with E-state index in [-0.39, 0.29) is 16.6 Å². The Labute approximate surface area is 139 Å². The van der Waals surface area contributed by atoms with Crippen molar-refractivity contribution in [2.45, 2.75) is 30.3 Å². The van der Waals surface area contributed by atoms with Gasteiger partial charge in [0.1, 0.15) is 0 Å². The molecule has 8 heteroatoms. The highest BCUT2D eigenvalue weighted by molar-refractivity contribution is 7.89. The Morgan fingerprint density at radius 1 is 1.04 bits per heavy atom. The molecule has 3 rings (SSSR count). The van der Waals surface area contributed by atoms with Crippen LogP contribution in [0, 0.1) is 10.1 Å². The quantitative estimate of drug-likeness (QED) is 0.592. The minimum Gasteiger partial charge on any atom is -0.381 e. The molecule has 1 saturated carbocycles. The number of hydrogen-bond donors (Lipinski definition) is 2. The predicted octanol–water partition coefficient (Wildman–Crippen LogP) is 2.65. The van der Waals surface area contributed by atoms with Crippen LogP contribution in [0.2, 0.25) is 0 Å². The lowest BCUT2D eigenvalue weighted by molar-refractivity contribution is -0.384. The third-order valence-electron chi connectivity index (χ3n) is 3.71. The van der Waals surface area contributed by atoms with E-state index in [0.717, 1.165) is 24.1 Å². The standard InChI is InChI=1S/C16H17N3O4S/c20-19(21)15-7-5-13(6-8-15)17-11-12-1-9-16(10-2-12)24(22,23)18-14-3-4-14/h1-2,5-10,14,17-18H,3-4,11H2. The first-order valence-electron chi connectivity index (χ1n) is 7.54. The van der Waals surface area contributed by atoms with Gasteiger partial charge >= 0.3 is 0 Å². The van der Waals surface area contributed by atoms with Gasteiger partial charge in [-0.05, 0) is 42.7 Å². The molecule has 0 spiro atoms. The van der Waals surface area contributed by atoms with Crippen LogP contribution in [0.1, 0.15) is 18.4 Å². The molecule has 24 heavy (non-hydrogen) atoms. The molecule has 2 aromatic carbocycles. The van der Waals surface area contributed by atoms with Gasteiger partial charge in [-0.3, -0.25) is 10.1 Å². The Kier molecular flexibility index (Phi) is 4.50. The zero-order valence-corrected chi connectivity index (χ0v) is 13.6. The molecular weight excluding hydrogens is 330 g/mol. The van der Waals surface area contributed by atoms with E-state index in [0.29, 0.717) is 6.54 Å². The van der Waals surface area contributed by atoms with Crippen molar-refractivity contribution in [2.75, 3.05) is 5.32 Å². The molecule has 1 aliphatic rings. The van der Waals surface area contributed by atoms with E-state index in [1.54, 1.807) is 36.4 Å². The number of nitro groups is 1. The Bertz CT molecular complexity index is 829. The molecule has 1 fully saturated rings. The van der Waals surface area contributed by atoms with E-state index in [1.807, 2.05) is 0 Å². The van der Waals surface area contributed by atoms with Gasteiger partial charge in [-0.15, -0.1) is 0 Å². The summed E-state index contributed by atoms with van der Waals surface area (Å²) in [6.07, 6.45) is 1.80. The summed E-state index contributed by atoms with van der Waals surface area (Å²) in [6, 6.07) is 12.9. The number of nitrogens with zero attached hydrogens (tertiary/aromatic N) is 1. The number of nitro benzene ring substituents is 1. The fourth-order valence-corrected chi connectivity index (χ4v) is 3.49. The van der Waals surface area contributed by atoms with Crippen LogP contribution in [-0.2, 0) is 16.6 Å². The van der Waals surface area contributed by atoms with Crippen molar-refractivity contribution in [1.82, 2.24) is 4.72 Å². The third kappa shape index (κ3) is 4.09. The Morgan fingerprint density at radius 2 is 1.67 bits per heavy atom. The average molecular weight is 347 g/mol. The second-order valence-electron chi connectivity index (χ2n) is 5.70. The molecular formula is C16H17N3O4S. The summed E-state index contributed by atoms with van der Waals surface area (Å²) >= 11 is 0. The van der Waals surface area contributed by atoms with Crippen molar-refractivity contribution >= 4 is 21.4 Å². The third-order valence-corrected chi connectivity index (χ3v) is 5.24. The molecule has 0 saturated heterocycles. The highest BCUT2D eigenvalue weighted by Gasteiger charge is 2.27. The lowest BCUT2D eigenvalue weighted by Crippen LogP contribution is -2.25. The van der Waals surface area contributed by atoms with Gasteiger partial charge in [0, 0.05) is 30.4 Å². The topological polar surface area (TPSA) is 101 Å². The largest absolute Gasteiger partial charge is 0.381 e. The van der Waals surface area contributed by atoms with Crippen molar-refractivity contribution in [3.63, 3.8) is 0 Å². The second-order valence-corrected chi connectivity index (χ2v) is 7.41.